The highest BCUT2D eigenvalue weighted by Gasteiger charge is 2.65. The zero-order valence-corrected chi connectivity index (χ0v) is 29.0. The lowest BCUT2D eigenvalue weighted by Gasteiger charge is -2.37. The first kappa shape index (κ1) is 32.9. The molecule has 1 N–H and O–H groups in total. The highest BCUT2D eigenvalue weighted by molar-refractivity contribution is 14.1. The predicted molar refractivity (Wildman–Crippen MR) is 191 cm³/mol. The highest BCUT2D eigenvalue weighted by atomic mass is 127. The van der Waals surface area contributed by atoms with Crippen molar-refractivity contribution in [1.82, 2.24) is 19.5 Å². The summed E-state index contributed by atoms with van der Waals surface area (Å²) in [4.78, 5) is 14.3. The molecule has 0 unspecified atom stereocenters. The molecule has 1 fully saturated rings. The Morgan fingerprint density at radius 2 is 1.57 bits per heavy atom. The highest BCUT2D eigenvalue weighted by Crippen LogP contribution is 2.51. The number of nitrogens with one attached hydrogen (secondary N) is 1. The summed E-state index contributed by atoms with van der Waals surface area (Å²) in [7, 11) is 3.27. The van der Waals surface area contributed by atoms with Crippen LogP contribution in [0.5, 0.6) is 5.75 Å². The smallest absolute Gasteiger partial charge is 0.202 e. The number of halogens is 1. The third kappa shape index (κ3) is 5.35. The maximum atomic E-state index is 6.86. The Balaban J connectivity index is 1.54. The Hall–Kier alpha value is -4.02. The van der Waals surface area contributed by atoms with Gasteiger partial charge in [-0.3, -0.25) is 4.57 Å². The van der Waals surface area contributed by atoms with Gasteiger partial charge in [-0.05, 0) is 42.2 Å². The average molecular weight is 744 g/mol. The van der Waals surface area contributed by atoms with Gasteiger partial charge in [0.1, 0.15) is 29.3 Å². The lowest BCUT2D eigenvalue weighted by molar-refractivity contribution is -0.105. The molecule has 0 spiro atoms. The van der Waals surface area contributed by atoms with Crippen molar-refractivity contribution in [3.63, 3.8) is 0 Å². The molecule has 1 aliphatic heterocycles. The summed E-state index contributed by atoms with van der Waals surface area (Å²) in [6, 6.07) is 28.6. The fourth-order valence-electron chi connectivity index (χ4n) is 6.70. The number of nitrogens with zero attached hydrogens (tertiary/aromatic N) is 4. The Labute approximate surface area is 289 Å². The van der Waals surface area contributed by atoms with E-state index in [1.54, 1.807) is 20.5 Å². The van der Waals surface area contributed by atoms with Gasteiger partial charge in [-0.25, -0.2) is 15.0 Å². The van der Waals surface area contributed by atoms with Crippen LogP contribution in [0.3, 0.4) is 0 Å². The second-order valence-electron chi connectivity index (χ2n) is 11.4. The minimum absolute atomic E-state index is 0.458. The Morgan fingerprint density at radius 3 is 2.11 bits per heavy atom. The van der Waals surface area contributed by atoms with Gasteiger partial charge in [-0.15, -0.1) is 6.42 Å². The Morgan fingerprint density at radius 1 is 0.936 bits per heavy atom. The van der Waals surface area contributed by atoms with E-state index in [9.17, 15) is 0 Å². The summed E-state index contributed by atoms with van der Waals surface area (Å²) in [6.45, 7) is 4.48. The number of hydrogen-bond donors (Lipinski definition) is 1. The average Bonchev–Trinajstić information content (AvgIpc) is 3.69. The second-order valence-corrected chi connectivity index (χ2v) is 12.1. The number of imidazole rings is 1. The Bertz CT molecular complexity index is 1800. The first-order valence-electron chi connectivity index (χ1n) is 15.6. The van der Waals surface area contributed by atoms with Crippen molar-refractivity contribution in [2.24, 2.45) is 0 Å². The summed E-state index contributed by atoms with van der Waals surface area (Å²) >= 11 is 2.34. The number of terminal acetylenes is 1. The number of methoxy groups -OCH3 is 2. The molecule has 3 heterocycles. The van der Waals surface area contributed by atoms with E-state index in [0.29, 0.717) is 34.4 Å². The number of fused-ring (bicyclic) bond motifs is 1. The van der Waals surface area contributed by atoms with Gasteiger partial charge in [0.2, 0.25) is 5.60 Å². The van der Waals surface area contributed by atoms with Crippen LogP contribution < -0.4 is 10.1 Å². The third-order valence-corrected chi connectivity index (χ3v) is 10.4. The molecule has 4 atom stereocenters. The van der Waals surface area contributed by atoms with E-state index < -0.39 is 29.1 Å². The number of aromatic nitrogens is 4. The molecule has 2 aromatic heterocycles. The zero-order valence-electron chi connectivity index (χ0n) is 26.9. The number of anilines is 1. The molecule has 242 valence electrons. The first-order chi connectivity index (χ1) is 23.0. The van der Waals surface area contributed by atoms with E-state index in [1.807, 2.05) is 60.0 Å². The SMILES string of the molecule is C#C[C@@]1(OC)[C@H](OCC)[C@](CC)(CI)O[C@H]1n1cnc2c(NC(c3ccccc3)(c3ccccc3)c3ccc(OC)cc3)ncnc21. The minimum Gasteiger partial charge on any atom is -0.497 e. The van der Waals surface area contributed by atoms with Crippen LogP contribution in [0.4, 0.5) is 5.82 Å². The molecule has 0 aliphatic carbocycles. The van der Waals surface area contributed by atoms with Gasteiger partial charge in [0.15, 0.2) is 23.2 Å². The predicted octanol–water partition coefficient (Wildman–Crippen LogP) is 6.78. The number of benzene rings is 3. The lowest BCUT2D eigenvalue weighted by Crippen LogP contribution is -2.53. The van der Waals surface area contributed by atoms with Crippen molar-refractivity contribution >= 4 is 39.6 Å². The monoisotopic (exact) mass is 743 g/mol. The quantitative estimate of drug-likeness (QED) is 0.0648. The van der Waals surface area contributed by atoms with Gasteiger partial charge in [0, 0.05) is 18.1 Å². The normalized spacial score (nSPS) is 22.6. The maximum Gasteiger partial charge on any atom is 0.202 e. The van der Waals surface area contributed by atoms with E-state index in [-0.39, 0.29) is 0 Å². The summed E-state index contributed by atoms with van der Waals surface area (Å²) in [6.07, 6.45) is 8.90. The molecule has 6 rings (SSSR count). The summed E-state index contributed by atoms with van der Waals surface area (Å²) in [5.41, 5.74) is 1.34. The fraction of sp³-hybridized carbons (Fsp3) is 0.324. The minimum atomic E-state index is -1.23. The van der Waals surface area contributed by atoms with Crippen molar-refractivity contribution in [3.8, 4) is 18.1 Å². The third-order valence-electron chi connectivity index (χ3n) is 9.16. The molecular formula is C37H38IN5O4. The van der Waals surface area contributed by atoms with Crippen LogP contribution in [0, 0.1) is 12.3 Å². The molecule has 1 aliphatic rings. The lowest BCUT2D eigenvalue weighted by atomic mass is 9.77. The van der Waals surface area contributed by atoms with Gasteiger partial charge < -0.3 is 24.3 Å². The van der Waals surface area contributed by atoms with E-state index in [1.165, 1.54) is 6.33 Å². The van der Waals surface area contributed by atoms with Crippen LogP contribution in [0.2, 0.25) is 0 Å². The fourth-order valence-corrected chi connectivity index (χ4v) is 7.82. The van der Waals surface area contributed by atoms with Gasteiger partial charge in [-0.1, -0.05) is 108 Å². The van der Waals surface area contributed by atoms with E-state index in [0.717, 1.165) is 22.4 Å². The van der Waals surface area contributed by atoms with Crippen molar-refractivity contribution in [2.45, 2.75) is 49.3 Å². The summed E-state index contributed by atoms with van der Waals surface area (Å²) < 4.78 is 27.3. The maximum absolute atomic E-state index is 6.86. The molecule has 1 saturated heterocycles. The van der Waals surface area contributed by atoms with Crippen molar-refractivity contribution in [1.29, 1.82) is 0 Å². The molecule has 3 aromatic carbocycles. The van der Waals surface area contributed by atoms with E-state index >= 15 is 0 Å². The molecule has 0 radical (unpaired) electrons. The van der Waals surface area contributed by atoms with Crippen LogP contribution in [-0.2, 0) is 19.7 Å². The summed E-state index contributed by atoms with van der Waals surface area (Å²) in [5, 5.41) is 3.84. The van der Waals surface area contributed by atoms with Crippen LogP contribution in [0.25, 0.3) is 11.2 Å². The van der Waals surface area contributed by atoms with Crippen LogP contribution >= 0.6 is 22.6 Å². The van der Waals surface area contributed by atoms with Crippen LogP contribution in [0.15, 0.2) is 97.6 Å². The van der Waals surface area contributed by atoms with Gasteiger partial charge in [0.25, 0.3) is 0 Å². The number of rotatable bonds is 12. The van der Waals surface area contributed by atoms with Gasteiger partial charge >= 0.3 is 0 Å². The molecule has 9 nitrogen and oxygen atoms in total. The topological polar surface area (TPSA) is 92.6 Å². The number of alkyl halides is 1. The zero-order chi connectivity index (χ0) is 33.1. The molecule has 10 heteroatoms. The summed E-state index contributed by atoms with van der Waals surface area (Å²) in [5.74, 6) is 4.22. The molecule has 0 saturated carbocycles. The van der Waals surface area contributed by atoms with Crippen molar-refractivity contribution in [2.75, 3.05) is 30.6 Å². The molecular weight excluding hydrogens is 705 g/mol. The van der Waals surface area contributed by atoms with Crippen molar-refractivity contribution in [3.05, 3.63) is 114 Å². The van der Waals surface area contributed by atoms with E-state index in [2.05, 4.69) is 77.2 Å². The molecule has 5 aromatic rings. The standard InChI is InChI=1S/C37H38IN5O4/c1-6-35(23-38)33(46-8-3)36(7-2,45-5)34(47-35)43-25-41-30-31(39-24-40-32(30)43)42-37(26-15-11-9-12-16-26,27-17-13-10-14-18-27)28-19-21-29(44-4)22-20-28/h2,9-22,24-25,33-34H,6,8,23H2,1,3-5H3,(H,39,40,42)/t33-,34-,35+,36-/m1/s1. The van der Waals surface area contributed by atoms with Crippen LogP contribution in [-0.4, -0.2) is 62.1 Å². The number of hydrogen-bond acceptors (Lipinski definition) is 8. The number of ether oxygens (including phenoxy) is 4. The second kappa shape index (κ2) is 13.6. The van der Waals surface area contributed by atoms with Crippen molar-refractivity contribution < 1.29 is 18.9 Å². The van der Waals surface area contributed by atoms with E-state index in [4.69, 9.17) is 40.3 Å². The molecule has 47 heavy (non-hydrogen) atoms. The van der Waals surface area contributed by atoms with Crippen LogP contribution in [0.1, 0.15) is 43.2 Å². The first-order valence-corrected chi connectivity index (χ1v) is 17.1. The van der Waals surface area contributed by atoms with Gasteiger partial charge in [-0.2, -0.15) is 0 Å². The Kier molecular flexibility index (Phi) is 9.53. The molecule has 0 amide bonds. The molecule has 0 bridgehead atoms. The van der Waals surface area contributed by atoms with Gasteiger partial charge in [0.05, 0.1) is 13.4 Å². The largest absolute Gasteiger partial charge is 0.497 e.